The summed E-state index contributed by atoms with van der Waals surface area (Å²) in [4.78, 5) is 10.6. The van der Waals surface area contributed by atoms with E-state index < -0.39 is 18.2 Å². The first-order chi connectivity index (χ1) is 37.6. The van der Waals surface area contributed by atoms with Crippen molar-refractivity contribution >= 4 is 11.0 Å². The van der Waals surface area contributed by atoms with Gasteiger partial charge in [0.05, 0.1) is 28.0 Å². The normalized spacial score (nSPS) is 13.6. The van der Waals surface area contributed by atoms with Crippen molar-refractivity contribution in [2.24, 2.45) is 0 Å². The van der Waals surface area contributed by atoms with Crippen LogP contribution in [0.2, 0.25) is 0 Å². The number of phenols is 1. The van der Waals surface area contributed by atoms with Crippen molar-refractivity contribution in [2.75, 3.05) is 0 Å². The average molecular weight is 1010 g/mol. The molecule has 0 spiro atoms. The molecule has 0 aliphatic rings. The summed E-state index contributed by atoms with van der Waals surface area (Å²) in [5, 5.41) is 12.8. The van der Waals surface area contributed by atoms with Gasteiger partial charge in [0.25, 0.3) is 0 Å². The second-order valence-corrected chi connectivity index (χ2v) is 24.0. The van der Waals surface area contributed by atoms with E-state index in [1.54, 1.807) is 0 Å². The van der Waals surface area contributed by atoms with Crippen LogP contribution in [0.15, 0.2) is 158 Å². The molecule has 76 heavy (non-hydrogen) atoms. The molecule has 0 saturated carbocycles. The lowest BCUT2D eigenvalue weighted by Crippen LogP contribution is -2.25. The fourth-order valence-electron chi connectivity index (χ4n) is 11.1. The summed E-state index contributed by atoms with van der Waals surface area (Å²) in [5.41, 5.74) is 16.3. The van der Waals surface area contributed by atoms with Crippen LogP contribution in [0.25, 0.3) is 83.9 Å². The van der Waals surface area contributed by atoms with Crippen LogP contribution in [0, 0.1) is 6.85 Å². The number of aryl methyl sites for hydroxylation is 1. The Labute approximate surface area is 461 Å². The van der Waals surface area contributed by atoms with Crippen LogP contribution in [-0.2, 0) is 21.7 Å². The fraction of sp³-hybridized carbons (Fsp3) is 0.333. The number of para-hydroxylation sites is 1. The van der Waals surface area contributed by atoms with Crippen molar-refractivity contribution in [2.45, 2.75) is 157 Å². The molecule has 4 nitrogen and oxygen atoms in total. The van der Waals surface area contributed by atoms with Gasteiger partial charge in [-0.25, -0.2) is 4.98 Å². The van der Waals surface area contributed by atoms with Crippen LogP contribution in [-0.4, -0.2) is 19.6 Å². The number of hydrogen-bond donors (Lipinski definition) is 1. The standard InChI is InChI=1S/C72H81N3O/c1-16-71(14,17-2)59-28-24-29-60(72(15,18-3)19-4)65(59)52-35-36-63(47(7)39-52)75-64-30-23-27-57(66(64)74-68(75)58-44-56(69(8,9)10)45-61(67(58)76)70(11,12)13)54-40-53(49-25-21-20-22-26-49)41-55(42-54)62-43-51(37-38-73-62)50-33-31-48(32-34-50)46(5)6/h20-46,76H,16-19H2,1-15H3/i7D3,46D. The van der Waals surface area contributed by atoms with Gasteiger partial charge in [-0.3, -0.25) is 9.55 Å². The molecular weight excluding hydrogens is 923 g/mol. The predicted octanol–water partition coefficient (Wildman–Crippen LogP) is 20.3. The number of benzene rings is 7. The molecular formula is C72H81N3O. The molecule has 1 N–H and O–H groups in total. The number of imidazole rings is 1. The highest BCUT2D eigenvalue weighted by molar-refractivity contribution is 5.98. The van der Waals surface area contributed by atoms with Crippen molar-refractivity contribution in [1.82, 2.24) is 14.5 Å². The molecule has 0 bridgehead atoms. The number of pyridine rings is 1. The molecule has 0 saturated heterocycles. The summed E-state index contributed by atoms with van der Waals surface area (Å²) in [6.07, 6.45) is 5.57. The van der Waals surface area contributed by atoms with E-state index >= 15 is 0 Å². The molecule has 0 unspecified atom stereocenters. The molecule has 2 heterocycles. The van der Waals surface area contributed by atoms with Crippen LogP contribution in [0.1, 0.15) is 167 Å². The summed E-state index contributed by atoms with van der Waals surface area (Å²) >= 11 is 0. The van der Waals surface area contributed by atoms with Crippen LogP contribution >= 0.6 is 0 Å². The van der Waals surface area contributed by atoms with Crippen molar-refractivity contribution < 1.29 is 10.6 Å². The highest BCUT2D eigenvalue weighted by atomic mass is 16.3. The van der Waals surface area contributed by atoms with E-state index in [0.29, 0.717) is 28.1 Å². The first-order valence-electron chi connectivity index (χ1n) is 29.6. The quantitative estimate of drug-likeness (QED) is 0.118. The Morgan fingerprint density at radius 1 is 0.539 bits per heavy atom. The molecule has 0 fully saturated rings. The zero-order valence-electron chi connectivity index (χ0n) is 51.6. The van der Waals surface area contributed by atoms with Gasteiger partial charge in [0, 0.05) is 28.4 Å². The number of nitrogens with zero attached hydrogens (tertiary/aromatic N) is 3. The number of aromatic nitrogens is 3. The second kappa shape index (κ2) is 20.8. The Morgan fingerprint density at radius 3 is 1.75 bits per heavy atom. The van der Waals surface area contributed by atoms with E-state index in [4.69, 9.17) is 11.3 Å². The number of hydrogen-bond acceptors (Lipinski definition) is 3. The molecule has 0 aliphatic carbocycles. The smallest absolute Gasteiger partial charge is 0.149 e. The minimum Gasteiger partial charge on any atom is -0.507 e. The molecule has 390 valence electrons. The summed E-state index contributed by atoms with van der Waals surface area (Å²) in [7, 11) is 0. The monoisotopic (exact) mass is 1010 g/mol. The number of phenolic OH excluding ortho intramolecular Hbond substituents is 1. The predicted molar refractivity (Wildman–Crippen MR) is 325 cm³/mol. The Bertz CT molecular complexity index is 3690. The van der Waals surface area contributed by atoms with Gasteiger partial charge in [0.1, 0.15) is 11.6 Å². The molecule has 0 aliphatic heterocycles. The topological polar surface area (TPSA) is 50.9 Å². The van der Waals surface area contributed by atoms with Gasteiger partial charge in [0.2, 0.25) is 0 Å². The summed E-state index contributed by atoms with van der Waals surface area (Å²) in [5.74, 6) is -0.148. The largest absolute Gasteiger partial charge is 0.507 e. The Balaban J connectivity index is 1.36. The van der Waals surface area contributed by atoms with E-state index in [2.05, 4.69) is 174 Å². The third-order valence-corrected chi connectivity index (χ3v) is 16.9. The zero-order valence-corrected chi connectivity index (χ0v) is 47.6. The molecule has 0 radical (unpaired) electrons. The summed E-state index contributed by atoms with van der Waals surface area (Å²) in [6, 6.07) is 52.3. The number of fused-ring (bicyclic) bond motifs is 1. The lowest BCUT2D eigenvalue weighted by atomic mass is 9.68. The van der Waals surface area contributed by atoms with Crippen LogP contribution in [0.5, 0.6) is 5.75 Å². The Morgan fingerprint density at radius 2 is 1.14 bits per heavy atom. The maximum absolute atomic E-state index is 12.8. The summed E-state index contributed by atoms with van der Waals surface area (Å²) in [6.45, 7) is 27.8. The molecule has 2 aromatic heterocycles. The maximum Gasteiger partial charge on any atom is 0.149 e. The molecule has 4 heteroatoms. The number of rotatable bonds is 14. The second-order valence-electron chi connectivity index (χ2n) is 24.0. The van der Waals surface area contributed by atoms with Gasteiger partial charge < -0.3 is 5.11 Å². The van der Waals surface area contributed by atoms with Crippen molar-refractivity contribution in [3.05, 3.63) is 191 Å². The van der Waals surface area contributed by atoms with E-state index in [0.717, 1.165) is 98.1 Å². The van der Waals surface area contributed by atoms with Crippen LogP contribution < -0.4 is 0 Å². The highest BCUT2D eigenvalue weighted by Gasteiger charge is 2.34. The van der Waals surface area contributed by atoms with Crippen molar-refractivity contribution in [3.8, 4) is 78.6 Å². The van der Waals surface area contributed by atoms with Gasteiger partial charge in [0.15, 0.2) is 0 Å². The van der Waals surface area contributed by atoms with Crippen molar-refractivity contribution in [1.29, 1.82) is 0 Å². The third-order valence-electron chi connectivity index (χ3n) is 16.9. The van der Waals surface area contributed by atoms with Gasteiger partial charge in [-0.2, -0.15) is 0 Å². The number of aromatic hydroxyl groups is 1. The Hall–Kier alpha value is -7.04. The van der Waals surface area contributed by atoms with E-state index in [-0.39, 0.29) is 27.6 Å². The van der Waals surface area contributed by atoms with E-state index in [9.17, 15) is 9.22 Å². The zero-order chi connectivity index (χ0) is 57.9. The van der Waals surface area contributed by atoms with E-state index in [1.165, 1.54) is 11.1 Å². The van der Waals surface area contributed by atoms with Gasteiger partial charge in [-0.05, 0) is 181 Å². The van der Waals surface area contributed by atoms with Gasteiger partial charge in [-0.1, -0.05) is 194 Å². The molecule has 9 rings (SSSR count). The SMILES string of the molecule is [2H]C([2H])([2H])c1cc(-c2c(C(C)(CC)CC)cccc2C(C)(CC)CC)ccc1-n1c(-c2cc(C(C)(C)C)cc(C(C)(C)C)c2O)nc2c(-c3cc(-c4ccccc4)cc(-c4cc(-c5ccc(C([2H])(C)C)cc5)ccn4)c3)cccc21. The minimum atomic E-state index is -2.56. The first-order valence-corrected chi connectivity index (χ1v) is 27.6. The maximum atomic E-state index is 12.8. The average Bonchev–Trinajstić information content (AvgIpc) is 4.07. The van der Waals surface area contributed by atoms with Gasteiger partial charge >= 0.3 is 0 Å². The first kappa shape index (κ1) is 48.6. The van der Waals surface area contributed by atoms with Crippen molar-refractivity contribution in [3.63, 3.8) is 0 Å². The van der Waals surface area contributed by atoms with E-state index in [1.807, 2.05) is 85.3 Å². The fourth-order valence-corrected chi connectivity index (χ4v) is 11.1. The lowest BCUT2D eigenvalue weighted by Gasteiger charge is -2.36. The molecule has 7 aromatic carbocycles. The van der Waals surface area contributed by atoms with Crippen LogP contribution in [0.3, 0.4) is 0 Å². The van der Waals surface area contributed by atoms with Gasteiger partial charge in [-0.15, -0.1) is 0 Å². The minimum absolute atomic E-state index is 0.114. The molecule has 9 aromatic rings. The summed E-state index contributed by atoms with van der Waals surface area (Å²) < 4.78 is 39.0. The Kier molecular flexibility index (Phi) is 13.3. The highest BCUT2D eigenvalue weighted by Crippen LogP contribution is 2.48. The third kappa shape index (κ3) is 10.1. The lowest BCUT2D eigenvalue weighted by molar-refractivity contribution is 0.426. The molecule has 0 atom stereocenters. The van der Waals surface area contributed by atoms with Crippen LogP contribution in [0.4, 0.5) is 0 Å². The molecule has 0 amide bonds.